The van der Waals surface area contributed by atoms with E-state index in [9.17, 15) is 4.79 Å². The van der Waals surface area contributed by atoms with Gasteiger partial charge < -0.3 is 4.74 Å². The zero-order valence-electron chi connectivity index (χ0n) is 7.59. The van der Waals surface area contributed by atoms with E-state index in [1.54, 1.807) is 13.0 Å². The molecule has 0 aromatic heterocycles. The van der Waals surface area contributed by atoms with Crippen LogP contribution in [0.1, 0.15) is 13.8 Å². The molecular weight excluding hydrogens is 152 g/mol. The molecule has 0 saturated carbocycles. The third kappa shape index (κ3) is 3.76. The first-order chi connectivity index (χ1) is 5.61. The normalized spacial score (nSPS) is 10.7. The Morgan fingerprint density at radius 3 is 2.50 bits per heavy atom. The second-order valence-corrected chi connectivity index (χ2v) is 2.37. The third-order valence-corrected chi connectivity index (χ3v) is 1.13. The summed E-state index contributed by atoms with van der Waals surface area (Å²) in [5.74, 6) is -0.351. The first-order valence-electron chi connectivity index (χ1n) is 3.78. The predicted octanol–water partition coefficient (Wildman–Crippen LogP) is 2.24. The molecule has 0 rings (SSSR count). The van der Waals surface area contributed by atoms with Gasteiger partial charge >= 0.3 is 5.97 Å². The monoisotopic (exact) mass is 166 g/mol. The van der Waals surface area contributed by atoms with Gasteiger partial charge in [-0.25, -0.2) is 4.79 Å². The highest BCUT2D eigenvalue weighted by Crippen LogP contribution is 2.03. The van der Waals surface area contributed by atoms with E-state index in [0.717, 1.165) is 5.57 Å². The standard InChI is InChI=1S/C10H14O2/c1-5-9(7-8(3)4)10(11)12-6-2/h5,7H,1,3,6H2,2,4H3/b9-7+. The van der Waals surface area contributed by atoms with Crippen LogP contribution in [0.25, 0.3) is 0 Å². The molecule has 0 heterocycles. The quantitative estimate of drug-likeness (QED) is 0.363. The van der Waals surface area contributed by atoms with Crippen LogP contribution in [0.15, 0.2) is 36.5 Å². The molecule has 0 aliphatic carbocycles. The topological polar surface area (TPSA) is 26.3 Å². The van der Waals surface area contributed by atoms with Crippen molar-refractivity contribution in [1.82, 2.24) is 0 Å². The van der Waals surface area contributed by atoms with Gasteiger partial charge in [-0.2, -0.15) is 0 Å². The maximum atomic E-state index is 11.1. The van der Waals surface area contributed by atoms with Crippen molar-refractivity contribution in [3.63, 3.8) is 0 Å². The largest absolute Gasteiger partial charge is 0.462 e. The van der Waals surface area contributed by atoms with Crippen molar-refractivity contribution in [2.24, 2.45) is 0 Å². The van der Waals surface area contributed by atoms with Gasteiger partial charge in [0, 0.05) is 0 Å². The van der Waals surface area contributed by atoms with Crippen LogP contribution in [-0.4, -0.2) is 12.6 Å². The minimum atomic E-state index is -0.351. The van der Waals surface area contributed by atoms with Crippen LogP contribution in [0.5, 0.6) is 0 Å². The Bertz CT molecular complexity index is 224. The van der Waals surface area contributed by atoms with Crippen LogP contribution < -0.4 is 0 Å². The number of ether oxygens (including phenoxy) is 1. The van der Waals surface area contributed by atoms with Crippen LogP contribution in [0, 0.1) is 0 Å². The van der Waals surface area contributed by atoms with E-state index >= 15 is 0 Å². The predicted molar refractivity (Wildman–Crippen MR) is 49.7 cm³/mol. The number of hydrogen-bond donors (Lipinski definition) is 0. The Labute approximate surface area is 73.2 Å². The molecule has 0 aliphatic rings. The van der Waals surface area contributed by atoms with Gasteiger partial charge in [0.05, 0.1) is 12.2 Å². The van der Waals surface area contributed by atoms with Gasteiger partial charge in [-0.1, -0.05) is 24.8 Å². The van der Waals surface area contributed by atoms with E-state index in [0.29, 0.717) is 12.2 Å². The van der Waals surface area contributed by atoms with E-state index in [1.165, 1.54) is 6.08 Å². The van der Waals surface area contributed by atoms with Crippen LogP contribution in [0.3, 0.4) is 0 Å². The second kappa shape index (κ2) is 5.35. The average molecular weight is 166 g/mol. The van der Waals surface area contributed by atoms with Gasteiger partial charge in [-0.15, -0.1) is 0 Å². The molecule has 66 valence electrons. The zero-order valence-corrected chi connectivity index (χ0v) is 7.59. The first kappa shape index (κ1) is 10.7. The van der Waals surface area contributed by atoms with Crippen molar-refractivity contribution in [2.75, 3.05) is 6.61 Å². The fourth-order valence-electron chi connectivity index (χ4n) is 0.681. The molecule has 0 N–H and O–H groups in total. The second-order valence-electron chi connectivity index (χ2n) is 2.37. The van der Waals surface area contributed by atoms with Crippen molar-refractivity contribution in [2.45, 2.75) is 13.8 Å². The lowest BCUT2D eigenvalue weighted by Crippen LogP contribution is -2.05. The number of carbonyl (C=O) groups is 1. The molecule has 0 amide bonds. The van der Waals surface area contributed by atoms with Gasteiger partial charge in [0.1, 0.15) is 0 Å². The fraction of sp³-hybridized carbons (Fsp3) is 0.300. The lowest BCUT2D eigenvalue weighted by molar-refractivity contribution is -0.138. The molecule has 0 aliphatic heterocycles. The summed E-state index contributed by atoms with van der Waals surface area (Å²) in [4.78, 5) is 11.1. The molecular formula is C10H14O2. The number of rotatable bonds is 4. The smallest absolute Gasteiger partial charge is 0.338 e. The Kier molecular flexibility index (Phi) is 4.77. The highest BCUT2D eigenvalue weighted by molar-refractivity contribution is 5.91. The van der Waals surface area contributed by atoms with Crippen molar-refractivity contribution < 1.29 is 9.53 Å². The third-order valence-electron chi connectivity index (χ3n) is 1.13. The van der Waals surface area contributed by atoms with Crippen molar-refractivity contribution >= 4 is 5.97 Å². The van der Waals surface area contributed by atoms with E-state index < -0.39 is 0 Å². The van der Waals surface area contributed by atoms with E-state index in [-0.39, 0.29) is 5.97 Å². The van der Waals surface area contributed by atoms with Gasteiger partial charge in [-0.3, -0.25) is 0 Å². The van der Waals surface area contributed by atoms with Gasteiger partial charge in [-0.05, 0) is 19.9 Å². The summed E-state index contributed by atoms with van der Waals surface area (Å²) in [6, 6.07) is 0. The van der Waals surface area contributed by atoms with Crippen molar-refractivity contribution in [1.29, 1.82) is 0 Å². The molecule has 0 radical (unpaired) electrons. The summed E-state index contributed by atoms with van der Waals surface area (Å²) in [6.07, 6.45) is 3.11. The molecule has 0 bridgehead atoms. The first-order valence-corrected chi connectivity index (χ1v) is 3.78. The number of allylic oxidation sites excluding steroid dienone is 2. The van der Waals surface area contributed by atoms with Crippen molar-refractivity contribution in [3.05, 3.63) is 36.5 Å². The summed E-state index contributed by atoms with van der Waals surface area (Å²) in [5.41, 5.74) is 1.25. The molecule has 0 unspecified atom stereocenters. The number of carbonyl (C=O) groups excluding carboxylic acids is 1. The molecule has 0 aromatic rings. The maximum Gasteiger partial charge on any atom is 0.338 e. The minimum absolute atomic E-state index is 0.351. The summed E-state index contributed by atoms with van der Waals surface area (Å²) in [7, 11) is 0. The molecule has 0 spiro atoms. The summed E-state index contributed by atoms with van der Waals surface area (Å²) in [6.45, 7) is 11.1. The fourth-order valence-corrected chi connectivity index (χ4v) is 0.681. The number of hydrogen-bond acceptors (Lipinski definition) is 2. The molecule has 0 aromatic carbocycles. The summed E-state index contributed by atoms with van der Waals surface area (Å²) in [5, 5.41) is 0. The Morgan fingerprint density at radius 2 is 2.17 bits per heavy atom. The van der Waals surface area contributed by atoms with Crippen molar-refractivity contribution in [3.8, 4) is 0 Å². The van der Waals surface area contributed by atoms with Gasteiger partial charge in [0.25, 0.3) is 0 Å². The Balaban J connectivity index is 4.44. The lowest BCUT2D eigenvalue weighted by Gasteiger charge is -2.01. The molecule has 2 heteroatoms. The van der Waals surface area contributed by atoms with Crippen LogP contribution in [0.4, 0.5) is 0 Å². The maximum absolute atomic E-state index is 11.1. The molecule has 0 atom stereocenters. The molecule has 2 nitrogen and oxygen atoms in total. The molecule has 0 fully saturated rings. The van der Waals surface area contributed by atoms with Gasteiger partial charge in [0.15, 0.2) is 0 Å². The SMILES string of the molecule is C=C/C(=C\C(=C)C)C(=O)OCC. The minimum Gasteiger partial charge on any atom is -0.462 e. The van der Waals surface area contributed by atoms with Gasteiger partial charge in [0.2, 0.25) is 0 Å². The van der Waals surface area contributed by atoms with Crippen LogP contribution >= 0.6 is 0 Å². The summed E-state index contributed by atoms with van der Waals surface area (Å²) >= 11 is 0. The highest BCUT2D eigenvalue weighted by Gasteiger charge is 2.04. The molecule has 0 saturated heterocycles. The van der Waals surface area contributed by atoms with E-state index in [1.807, 2.05) is 6.92 Å². The average Bonchev–Trinajstić information content (AvgIpc) is 2.00. The Hall–Kier alpha value is -1.31. The molecule has 12 heavy (non-hydrogen) atoms. The number of esters is 1. The zero-order chi connectivity index (χ0) is 9.56. The van der Waals surface area contributed by atoms with Crippen LogP contribution in [0.2, 0.25) is 0 Å². The van der Waals surface area contributed by atoms with E-state index in [2.05, 4.69) is 13.2 Å². The summed E-state index contributed by atoms with van der Waals surface area (Å²) < 4.78 is 4.78. The Morgan fingerprint density at radius 1 is 1.58 bits per heavy atom. The van der Waals surface area contributed by atoms with E-state index in [4.69, 9.17) is 4.74 Å². The van der Waals surface area contributed by atoms with Crippen LogP contribution in [-0.2, 0) is 9.53 Å². The highest BCUT2D eigenvalue weighted by atomic mass is 16.5. The lowest BCUT2D eigenvalue weighted by atomic mass is 10.2.